The lowest BCUT2D eigenvalue weighted by Crippen LogP contribution is -2.38. The number of carboxylic acids is 2. The second-order valence-electron chi connectivity index (χ2n) is 3.41. The molecule has 0 aliphatic carbocycles. The molecule has 0 heterocycles. The van der Waals surface area contributed by atoms with Crippen molar-refractivity contribution in [3.05, 3.63) is 0 Å². The van der Waals surface area contributed by atoms with Crippen molar-refractivity contribution in [2.75, 3.05) is 0 Å². The molecule has 5 heteroatoms. The van der Waals surface area contributed by atoms with E-state index in [4.69, 9.17) is 10.2 Å². The van der Waals surface area contributed by atoms with Crippen molar-refractivity contribution in [2.45, 2.75) is 39.5 Å². The van der Waals surface area contributed by atoms with Gasteiger partial charge in [-0.3, -0.25) is 14.4 Å². The summed E-state index contributed by atoms with van der Waals surface area (Å²) in [6, 6.07) is 0. The molecule has 0 aromatic heterocycles. The summed E-state index contributed by atoms with van der Waals surface area (Å²) in [7, 11) is 0. The topological polar surface area (TPSA) is 91.7 Å². The van der Waals surface area contributed by atoms with Crippen LogP contribution in [0.15, 0.2) is 0 Å². The minimum atomic E-state index is -1.41. The number of Topliss-reactive ketones (excluding diaryl/α,β-unsaturated/α-hetero) is 1. The maximum atomic E-state index is 11.6. The normalized spacial score (nSPS) is 11.1. The Balaban J connectivity index is 4.70. The van der Waals surface area contributed by atoms with Gasteiger partial charge in [-0.25, -0.2) is 0 Å². The maximum absolute atomic E-state index is 11.6. The predicted octanol–water partition coefficient (Wildman–Crippen LogP) is 1.31. The first-order valence-electron chi connectivity index (χ1n) is 4.89. The summed E-state index contributed by atoms with van der Waals surface area (Å²) >= 11 is 0. The predicted molar refractivity (Wildman–Crippen MR) is 52.5 cm³/mol. The summed E-state index contributed by atoms with van der Waals surface area (Å²) in [5.41, 5.74) is -1.41. The number of ketones is 1. The molecule has 86 valence electrons. The van der Waals surface area contributed by atoms with Gasteiger partial charge in [0.1, 0.15) is 5.41 Å². The van der Waals surface area contributed by atoms with Gasteiger partial charge in [0.25, 0.3) is 0 Å². The van der Waals surface area contributed by atoms with E-state index in [-0.39, 0.29) is 25.7 Å². The van der Waals surface area contributed by atoms with Crippen LogP contribution in [0.3, 0.4) is 0 Å². The standard InChI is InChI=1S/C10H16O5/c1-3-10(4-2,9(14)15)7(11)5-6-8(12)13/h3-6H2,1-2H3,(H,12,13)(H,14,15). The quantitative estimate of drug-likeness (QED) is 0.626. The Bertz CT molecular complexity index is 265. The second kappa shape index (κ2) is 5.48. The van der Waals surface area contributed by atoms with Gasteiger partial charge in [-0.1, -0.05) is 13.8 Å². The third-order valence-electron chi connectivity index (χ3n) is 2.72. The number of aliphatic carboxylic acids is 2. The van der Waals surface area contributed by atoms with Gasteiger partial charge < -0.3 is 10.2 Å². The number of hydrogen-bond donors (Lipinski definition) is 2. The fourth-order valence-electron chi connectivity index (χ4n) is 1.53. The molecule has 2 N–H and O–H groups in total. The van der Waals surface area contributed by atoms with E-state index in [1.54, 1.807) is 13.8 Å². The largest absolute Gasteiger partial charge is 0.481 e. The zero-order chi connectivity index (χ0) is 12.1. The molecule has 0 unspecified atom stereocenters. The summed E-state index contributed by atoms with van der Waals surface area (Å²) in [6.45, 7) is 3.24. The molecule has 0 bridgehead atoms. The number of hydrogen-bond acceptors (Lipinski definition) is 3. The minimum Gasteiger partial charge on any atom is -0.481 e. The molecule has 5 nitrogen and oxygen atoms in total. The first kappa shape index (κ1) is 13.6. The number of carbonyl (C=O) groups excluding carboxylic acids is 1. The highest BCUT2D eigenvalue weighted by Gasteiger charge is 2.41. The Morgan fingerprint density at radius 1 is 1.00 bits per heavy atom. The SMILES string of the molecule is CCC(CC)(C(=O)O)C(=O)CCC(=O)O. The number of carboxylic acid groups (broad SMARTS) is 2. The summed E-state index contributed by atoms with van der Waals surface area (Å²) in [6.07, 6.45) is -0.147. The van der Waals surface area contributed by atoms with Gasteiger partial charge >= 0.3 is 11.9 Å². The van der Waals surface area contributed by atoms with Crippen molar-refractivity contribution >= 4 is 17.7 Å². The lowest BCUT2D eigenvalue weighted by atomic mass is 9.77. The number of carbonyl (C=O) groups is 3. The van der Waals surface area contributed by atoms with Crippen molar-refractivity contribution in [3.8, 4) is 0 Å². The van der Waals surface area contributed by atoms with Crippen LogP contribution in [0.5, 0.6) is 0 Å². The van der Waals surface area contributed by atoms with Crippen LogP contribution >= 0.6 is 0 Å². The fourth-order valence-corrected chi connectivity index (χ4v) is 1.53. The van der Waals surface area contributed by atoms with E-state index >= 15 is 0 Å². The highest BCUT2D eigenvalue weighted by Crippen LogP contribution is 2.29. The van der Waals surface area contributed by atoms with Crippen LogP contribution in [0.2, 0.25) is 0 Å². The Hall–Kier alpha value is -1.39. The molecule has 0 rings (SSSR count). The average Bonchev–Trinajstić information content (AvgIpc) is 2.17. The average molecular weight is 216 g/mol. The minimum absolute atomic E-state index is 0.192. The highest BCUT2D eigenvalue weighted by atomic mass is 16.4. The molecule has 0 radical (unpaired) electrons. The maximum Gasteiger partial charge on any atom is 0.317 e. The van der Waals surface area contributed by atoms with Crippen LogP contribution in [0.4, 0.5) is 0 Å². The van der Waals surface area contributed by atoms with Gasteiger partial charge in [0.2, 0.25) is 0 Å². The molecule has 0 saturated heterocycles. The van der Waals surface area contributed by atoms with Crippen LogP contribution < -0.4 is 0 Å². The van der Waals surface area contributed by atoms with Crippen molar-refractivity contribution in [3.63, 3.8) is 0 Å². The van der Waals surface area contributed by atoms with Crippen molar-refractivity contribution in [2.24, 2.45) is 5.41 Å². The zero-order valence-electron chi connectivity index (χ0n) is 8.95. The van der Waals surface area contributed by atoms with Gasteiger partial charge in [0.05, 0.1) is 6.42 Å². The summed E-state index contributed by atoms with van der Waals surface area (Å²) in [4.78, 5) is 32.9. The molecule has 0 fully saturated rings. The first-order chi connectivity index (χ1) is 6.90. The highest BCUT2D eigenvalue weighted by molar-refractivity contribution is 6.03. The molecule has 0 spiro atoms. The van der Waals surface area contributed by atoms with E-state index in [0.29, 0.717) is 0 Å². The van der Waals surface area contributed by atoms with Gasteiger partial charge in [-0.05, 0) is 12.8 Å². The molecular weight excluding hydrogens is 200 g/mol. The van der Waals surface area contributed by atoms with Crippen molar-refractivity contribution in [1.29, 1.82) is 0 Å². The summed E-state index contributed by atoms with van der Waals surface area (Å²) in [5.74, 6) is -2.75. The molecule has 0 aromatic rings. The third kappa shape index (κ3) is 3.04. The van der Waals surface area contributed by atoms with E-state index in [0.717, 1.165) is 0 Å². The second-order valence-corrected chi connectivity index (χ2v) is 3.41. The van der Waals surface area contributed by atoms with E-state index in [1.165, 1.54) is 0 Å². The third-order valence-corrected chi connectivity index (χ3v) is 2.72. The van der Waals surface area contributed by atoms with Crippen LogP contribution in [0.25, 0.3) is 0 Å². The van der Waals surface area contributed by atoms with E-state index in [9.17, 15) is 14.4 Å². The van der Waals surface area contributed by atoms with Crippen molar-refractivity contribution < 1.29 is 24.6 Å². The Morgan fingerprint density at radius 3 is 1.73 bits per heavy atom. The van der Waals surface area contributed by atoms with E-state index < -0.39 is 23.1 Å². The summed E-state index contributed by atoms with van der Waals surface area (Å²) in [5, 5.41) is 17.4. The van der Waals surface area contributed by atoms with Gasteiger partial charge in [0, 0.05) is 6.42 Å². The van der Waals surface area contributed by atoms with Crippen LogP contribution in [0, 0.1) is 5.41 Å². The Labute approximate surface area is 88.1 Å². The first-order valence-corrected chi connectivity index (χ1v) is 4.89. The van der Waals surface area contributed by atoms with Crippen molar-refractivity contribution in [1.82, 2.24) is 0 Å². The monoisotopic (exact) mass is 216 g/mol. The molecule has 0 saturated carbocycles. The van der Waals surface area contributed by atoms with Gasteiger partial charge in [0.15, 0.2) is 5.78 Å². The van der Waals surface area contributed by atoms with Crippen LogP contribution in [-0.2, 0) is 14.4 Å². The fraction of sp³-hybridized carbons (Fsp3) is 0.700. The molecule has 0 aliphatic rings. The number of rotatable bonds is 7. The molecule has 0 atom stereocenters. The molecule has 15 heavy (non-hydrogen) atoms. The van der Waals surface area contributed by atoms with E-state index in [1.807, 2.05) is 0 Å². The lowest BCUT2D eigenvalue weighted by Gasteiger charge is -2.24. The Morgan fingerprint density at radius 2 is 1.47 bits per heavy atom. The molecular formula is C10H16O5. The Kier molecular flexibility index (Phi) is 4.97. The van der Waals surface area contributed by atoms with E-state index in [2.05, 4.69) is 0 Å². The zero-order valence-corrected chi connectivity index (χ0v) is 8.95. The molecule has 0 aromatic carbocycles. The molecule has 0 aliphatic heterocycles. The van der Waals surface area contributed by atoms with Gasteiger partial charge in [-0.15, -0.1) is 0 Å². The van der Waals surface area contributed by atoms with Gasteiger partial charge in [-0.2, -0.15) is 0 Å². The smallest absolute Gasteiger partial charge is 0.317 e. The molecule has 0 amide bonds. The lowest BCUT2D eigenvalue weighted by molar-refractivity contribution is -0.156. The summed E-state index contributed by atoms with van der Waals surface area (Å²) < 4.78 is 0. The van der Waals surface area contributed by atoms with Crippen LogP contribution in [-0.4, -0.2) is 27.9 Å². The van der Waals surface area contributed by atoms with Crippen LogP contribution in [0.1, 0.15) is 39.5 Å².